The van der Waals surface area contributed by atoms with Crippen molar-refractivity contribution in [1.29, 1.82) is 0 Å². The number of hydrogen-bond donors (Lipinski definition) is 2. The van der Waals surface area contributed by atoms with Crippen LogP contribution in [0, 0.1) is 12.7 Å². The lowest BCUT2D eigenvalue weighted by Gasteiger charge is -2.36. The predicted molar refractivity (Wildman–Crippen MR) is 213 cm³/mol. The van der Waals surface area contributed by atoms with E-state index in [0.717, 1.165) is 97.5 Å². The van der Waals surface area contributed by atoms with Crippen molar-refractivity contribution in [2.45, 2.75) is 64.0 Å². The van der Waals surface area contributed by atoms with Gasteiger partial charge in [-0.05, 0) is 105 Å². The molecule has 4 aromatic heterocycles. The Kier molecular flexibility index (Phi) is 10.2. The number of anilines is 2. The number of aromatic nitrogens is 6. The lowest BCUT2D eigenvalue weighted by molar-refractivity contribution is 0.129. The Balaban J connectivity index is 0.000000144. The number of fused-ring (bicyclic) bond motifs is 10. The Morgan fingerprint density at radius 2 is 1.20 bits per heavy atom. The van der Waals surface area contributed by atoms with Gasteiger partial charge in [0.25, 0.3) is 0 Å². The fraction of sp³-hybridized carbons (Fsp3) is 0.429. The molecule has 8 bridgehead atoms. The Hall–Kier alpha value is -5.27. The second kappa shape index (κ2) is 15.8. The second-order valence-electron chi connectivity index (χ2n) is 15.2. The standard InChI is InChI=1S/C22H27N5O.C20H22FN5O/c1-16-11-17-13-19(12-16)28-10-4-8-26-7-3-2-5-18(26)14-23-21-6-9-27-22(25-21)20(17)15-24-27;21-15-9-14-10-17(11-15)27-8-7-25-5-2-1-3-16(25)12-22-19-4-6-26-20(24-19)18(14)13-23-26/h6,9,11-13,15,18H,2-5,7-8,10,14H2,1H3,(H,23,25);4,6,9-11,13,16H,1-3,5,7-8,12H2,(H,22,24). The Labute approximate surface area is 320 Å². The minimum Gasteiger partial charge on any atom is -0.494 e. The smallest absolute Gasteiger partial charge is 0.165 e. The Morgan fingerprint density at radius 3 is 1.85 bits per heavy atom. The zero-order valence-electron chi connectivity index (χ0n) is 31.5. The van der Waals surface area contributed by atoms with Crippen molar-refractivity contribution < 1.29 is 13.9 Å². The van der Waals surface area contributed by atoms with Crippen LogP contribution < -0.4 is 20.1 Å². The highest BCUT2D eigenvalue weighted by atomic mass is 19.1. The van der Waals surface area contributed by atoms with Crippen LogP contribution in [-0.2, 0) is 0 Å². The molecule has 4 aliphatic heterocycles. The number of ether oxygens (including phenoxy) is 2. The summed E-state index contributed by atoms with van der Waals surface area (Å²) in [5.74, 6) is 2.88. The summed E-state index contributed by atoms with van der Waals surface area (Å²) in [7, 11) is 0. The minimum absolute atomic E-state index is 0.320. The number of hydrogen-bond acceptors (Lipinski definition) is 10. The molecule has 2 saturated heterocycles. The van der Waals surface area contributed by atoms with Crippen LogP contribution in [0.1, 0.15) is 50.5 Å². The van der Waals surface area contributed by atoms with E-state index in [2.05, 4.69) is 55.8 Å². The summed E-state index contributed by atoms with van der Waals surface area (Å²) >= 11 is 0. The fourth-order valence-corrected chi connectivity index (χ4v) is 8.48. The second-order valence-corrected chi connectivity index (χ2v) is 15.2. The van der Waals surface area contributed by atoms with Crippen molar-refractivity contribution in [3.05, 3.63) is 84.7 Å². The Bertz CT molecular complexity index is 2270. The molecular weight excluding hydrogens is 696 g/mol. The SMILES string of the molecule is Cc1cc2cc(c1)-c1cnn3ccc(nc13)NCC1CCCCN1CCCO2.Fc1cc2cc(c1)-c1cnn3ccc(nc13)NCC1CCCCN1CCO2. The zero-order valence-corrected chi connectivity index (χ0v) is 31.5. The molecule has 2 fully saturated rings. The van der Waals surface area contributed by atoms with E-state index < -0.39 is 0 Å². The van der Waals surface area contributed by atoms with Gasteiger partial charge in [-0.3, -0.25) is 9.80 Å². The summed E-state index contributed by atoms with van der Waals surface area (Å²) in [5.41, 5.74) is 6.40. The molecule has 2 atom stereocenters. The number of aryl methyl sites for hydroxylation is 1. The summed E-state index contributed by atoms with van der Waals surface area (Å²) in [6.45, 7) is 9.36. The van der Waals surface area contributed by atoms with Crippen LogP contribution >= 0.6 is 0 Å². The maximum absolute atomic E-state index is 14.2. The number of halogens is 1. The first kappa shape index (κ1) is 35.4. The van der Waals surface area contributed by atoms with E-state index in [1.807, 2.05) is 41.3 Å². The van der Waals surface area contributed by atoms with Crippen molar-refractivity contribution in [3.63, 3.8) is 0 Å². The molecule has 12 nitrogen and oxygen atoms in total. The molecule has 0 spiro atoms. The van der Waals surface area contributed by atoms with Crippen LogP contribution in [0.5, 0.6) is 11.5 Å². The van der Waals surface area contributed by atoms with E-state index in [0.29, 0.717) is 30.1 Å². The van der Waals surface area contributed by atoms with Gasteiger partial charge in [-0.25, -0.2) is 23.4 Å². The van der Waals surface area contributed by atoms with Crippen LogP contribution in [0.3, 0.4) is 0 Å². The summed E-state index contributed by atoms with van der Waals surface area (Å²) in [4.78, 5) is 14.7. The highest BCUT2D eigenvalue weighted by Gasteiger charge is 2.24. The quantitative estimate of drug-likeness (QED) is 0.170. The first-order valence-corrected chi connectivity index (χ1v) is 19.9. The number of nitrogens with zero attached hydrogens (tertiary/aromatic N) is 8. The van der Waals surface area contributed by atoms with Crippen LogP contribution in [0.15, 0.2) is 73.3 Å². The van der Waals surface area contributed by atoms with Crippen molar-refractivity contribution >= 4 is 22.9 Å². The van der Waals surface area contributed by atoms with Gasteiger partial charge in [-0.2, -0.15) is 10.2 Å². The lowest BCUT2D eigenvalue weighted by Crippen LogP contribution is -2.45. The molecule has 6 aromatic rings. The molecule has 2 aromatic carbocycles. The van der Waals surface area contributed by atoms with Gasteiger partial charge < -0.3 is 20.1 Å². The minimum atomic E-state index is -0.320. The number of benzene rings is 2. The first-order chi connectivity index (χ1) is 27.0. The van der Waals surface area contributed by atoms with Crippen LogP contribution in [-0.4, -0.2) is 104 Å². The monoisotopic (exact) mass is 744 g/mol. The molecule has 10 rings (SSSR count). The molecule has 4 aliphatic rings. The molecule has 2 N–H and O–H groups in total. The van der Waals surface area contributed by atoms with E-state index >= 15 is 0 Å². The molecule has 0 saturated carbocycles. The average Bonchev–Trinajstić information content (AvgIpc) is 3.82. The van der Waals surface area contributed by atoms with Crippen molar-refractivity contribution in [1.82, 2.24) is 39.0 Å². The third-order valence-electron chi connectivity index (χ3n) is 11.3. The summed E-state index contributed by atoms with van der Waals surface area (Å²) in [6.07, 6.45) is 16.0. The molecule has 8 heterocycles. The topological polar surface area (TPSA) is 109 Å². The van der Waals surface area contributed by atoms with Gasteiger partial charge in [-0.15, -0.1) is 0 Å². The molecule has 0 aliphatic carbocycles. The lowest BCUT2D eigenvalue weighted by atomic mass is 10.0. The molecular formula is C42H49FN10O2. The maximum Gasteiger partial charge on any atom is 0.165 e. The van der Waals surface area contributed by atoms with Crippen LogP contribution in [0.25, 0.3) is 33.5 Å². The van der Waals surface area contributed by atoms with Crippen LogP contribution in [0.2, 0.25) is 0 Å². The molecule has 55 heavy (non-hydrogen) atoms. The molecule has 2 unspecified atom stereocenters. The third-order valence-corrected chi connectivity index (χ3v) is 11.3. The van der Waals surface area contributed by atoms with Crippen molar-refractivity contribution in [2.24, 2.45) is 0 Å². The third kappa shape index (κ3) is 7.95. The van der Waals surface area contributed by atoms with E-state index in [1.165, 1.54) is 56.3 Å². The molecule has 0 amide bonds. The fourth-order valence-electron chi connectivity index (χ4n) is 8.48. The van der Waals surface area contributed by atoms with Crippen molar-refractivity contribution in [2.75, 3.05) is 63.1 Å². The number of nitrogens with one attached hydrogen (secondary N) is 2. The van der Waals surface area contributed by atoms with Gasteiger partial charge in [0.1, 0.15) is 35.6 Å². The van der Waals surface area contributed by atoms with Crippen LogP contribution in [0.4, 0.5) is 16.0 Å². The van der Waals surface area contributed by atoms with E-state index in [-0.39, 0.29) is 5.82 Å². The highest BCUT2D eigenvalue weighted by Crippen LogP contribution is 2.31. The highest BCUT2D eigenvalue weighted by molar-refractivity contribution is 5.79. The summed E-state index contributed by atoms with van der Waals surface area (Å²) < 4.78 is 29.8. The van der Waals surface area contributed by atoms with Gasteiger partial charge in [0.2, 0.25) is 0 Å². The van der Waals surface area contributed by atoms with Gasteiger partial charge >= 0.3 is 0 Å². The first-order valence-electron chi connectivity index (χ1n) is 19.9. The predicted octanol–water partition coefficient (Wildman–Crippen LogP) is 6.95. The van der Waals surface area contributed by atoms with E-state index in [1.54, 1.807) is 10.7 Å². The summed E-state index contributed by atoms with van der Waals surface area (Å²) in [5, 5.41) is 15.9. The van der Waals surface area contributed by atoms with Crippen molar-refractivity contribution in [3.8, 4) is 33.8 Å². The number of piperidine rings is 2. The molecule has 13 heteroatoms. The Morgan fingerprint density at radius 1 is 0.636 bits per heavy atom. The average molecular weight is 745 g/mol. The maximum atomic E-state index is 14.2. The van der Waals surface area contributed by atoms with Gasteiger partial charge in [0.15, 0.2) is 11.3 Å². The van der Waals surface area contributed by atoms with Gasteiger partial charge in [0.05, 0.1) is 19.0 Å². The number of rotatable bonds is 0. The largest absolute Gasteiger partial charge is 0.494 e. The van der Waals surface area contributed by atoms with E-state index in [9.17, 15) is 4.39 Å². The summed E-state index contributed by atoms with van der Waals surface area (Å²) in [6, 6.07) is 16.1. The van der Waals surface area contributed by atoms with Gasteiger partial charge in [0, 0.05) is 67.8 Å². The van der Waals surface area contributed by atoms with E-state index in [4.69, 9.17) is 19.4 Å². The van der Waals surface area contributed by atoms with Gasteiger partial charge in [-0.1, -0.05) is 18.9 Å². The normalized spacial score (nSPS) is 20.6. The molecule has 0 radical (unpaired) electrons. The zero-order chi connectivity index (χ0) is 37.1. The molecule has 286 valence electrons.